The first-order chi connectivity index (χ1) is 9.70. The van der Waals surface area contributed by atoms with Gasteiger partial charge in [-0.25, -0.2) is 0 Å². The molecule has 0 saturated heterocycles. The highest BCUT2D eigenvalue weighted by Crippen LogP contribution is 2.62. The van der Waals surface area contributed by atoms with Crippen LogP contribution in [0.3, 0.4) is 0 Å². The Morgan fingerprint density at radius 2 is 1.70 bits per heavy atom. The van der Waals surface area contributed by atoms with Crippen molar-refractivity contribution >= 4 is 0 Å². The first-order valence-corrected chi connectivity index (χ1v) is 9.70. The van der Waals surface area contributed by atoms with E-state index >= 15 is 0 Å². The molecule has 0 aromatic rings. The Kier molecular flexibility index (Phi) is 4.48. The summed E-state index contributed by atoms with van der Waals surface area (Å²) < 4.78 is 0. The molecular formula is C20H36. The van der Waals surface area contributed by atoms with E-state index < -0.39 is 0 Å². The average Bonchev–Trinajstić information content (AvgIpc) is 2.47. The second kappa shape index (κ2) is 6.01. The van der Waals surface area contributed by atoms with E-state index in [0.717, 1.165) is 29.6 Å². The maximum atomic E-state index is 2.71. The molecule has 0 nitrogen and oxygen atoms in total. The van der Waals surface area contributed by atoms with Crippen LogP contribution in [0.2, 0.25) is 0 Å². The van der Waals surface area contributed by atoms with Crippen LogP contribution in [0.25, 0.3) is 0 Å². The third-order valence-corrected chi connectivity index (χ3v) is 7.71. The van der Waals surface area contributed by atoms with Crippen LogP contribution >= 0.6 is 0 Å². The average molecular weight is 277 g/mol. The molecule has 0 radical (unpaired) electrons. The minimum absolute atomic E-state index is 0.717. The molecule has 3 aliphatic carbocycles. The molecule has 0 aromatic heterocycles. The number of hydrogen-bond donors (Lipinski definition) is 0. The highest BCUT2D eigenvalue weighted by Gasteiger charge is 2.54. The molecule has 20 heavy (non-hydrogen) atoms. The summed E-state index contributed by atoms with van der Waals surface area (Å²) in [5.41, 5.74) is 0.717. The Bertz CT molecular complexity index is 318. The van der Waals surface area contributed by atoms with Crippen molar-refractivity contribution in [3.63, 3.8) is 0 Å². The topological polar surface area (TPSA) is 0 Å². The predicted molar refractivity (Wildman–Crippen MR) is 87.7 cm³/mol. The highest BCUT2D eigenvalue weighted by atomic mass is 14.6. The van der Waals surface area contributed by atoms with Crippen LogP contribution < -0.4 is 0 Å². The van der Waals surface area contributed by atoms with E-state index in [1.807, 2.05) is 0 Å². The van der Waals surface area contributed by atoms with Crippen molar-refractivity contribution in [1.29, 1.82) is 0 Å². The van der Waals surface area contributed by atoms with Crippen molar-refractivity contribution < 1.29 is 0 Å². The summed E-state index contributed by atoms with van der Waals surface area (Å²) in [6.45, 7) is 7.58. The Balaban J connectivity index is 1.87. The molecule has 0 aromatic carbocycles. The lowest BCUT2D eigenvalue weighted by atomic mass is 9.45. The van der Waals surface area contributed by atoms with Gasteiger partial charge < -0.3 is 0 Å². The van der Waals surface area contributed by atoms with Crippen LogP contribution in [-0.4, -0.2) is 0 Å². The Morgan fingerprint density at radius 3 is 2.45 bits per heavy atom. The van der Waals surface area contributed by atoms with Gasteiger partial charge in [0.15, 0.2) is 0 Å². The van der Waals surface area contributed by atoms with Gasteiger partial charge in [0, 0.05) is 0 Å². The summed E-state index contributed by atoms with van der Waals surface area (Å²) in [5, 5.41) is 0. The van der Waals surface area contributed by atoms with Crippen LogP contribution in [0.5, 0.6) is 0 Å². The number of rotatable bonds is 3. The molecule has 116 valence electrons. The molecule has 3 rings (SSSR count). The van der Waals surface area contributed by atoms with Crippen molar-refractivity contribution in [1.82, 2.24) is 0 Å². The van der Waals surface area contributed by atoms with Crippen LogP contribution in [-0.2, 0) is 0 Å². The van der Waals surface area contributed by atoms with Gasteiger partial charge >= 0.3 is 0 Å². The van der Waals surface area contributed by atoms with Crippen LogP contribution in [0.15, 0.2) is 0 Å². The van der Waals surface area contributed by atoms with Gasteiger partial charge in [-0.15, -0.1) is 0 Å². The molecule has 3 saturated carbocycles. The fourth-order valence-electron chi connectivity index (χ4n) is 6.85. The van der Waals surface area contributed by atoms with Crippen LogP contribution in [0, 0.1) is 35.0 Å². The second-order valence-corrected chi connectivity index (χ2v) is 8.51. The molecule has 0 bridgehead atoms. The lowest BCUT2D eigenvalue weighted by Crippen LogP contribution is -2.52. The molecule has 0 spiro atoms. The molecule has 6 atom stereocenters. The van der Waals surface area contributed by atoms with Gasteiger partial charge in [0.25, 0.3) is 0 Å². The predicted octanol–water partition coefficient (Wildman–Crippen LogP) is 6.45. The normalized spacial score (nSPS) is 48.5. The lowest BCUT2D eigenvalue weighted by Gasteiger charge is -2.60. The van der Waals surface area contributed by atoms with E-state index in [-0.39, 0.29) is 0 Å². The van der Waals surface area contributed by atoms with E-state index in [4.69, 9.17) is 0 Å². The van der Waals surface area contributed by atoms with E-state index in [9.17, 15) is 0 Å². The standard InChI is InChI=1S/C20H36/c1-4-9-16-10-8-12-19-17(16)14-15(5-2)18-11-6-7-13-20(18,19)3/h15-19H,4-14H2,1-3H3/t15-,16+,17-,18-,19-,20-/m0/s1. The monoisotopic (exact) mass is 276 g/mol. The van der Waals surface area contributed by atoms with E-state index in [0.29, 0.717) is 5.41 Å². The fourth-order valence-corrected chi connectivity index (χ4v) is 6.85. The Hall–Kier alpha value is 0. The van der Waals surface area contributed by atoms with E-state index in [1.54, 1.807) is 32.1 Å². The highest BCUT2D eigenvalue weighted by molar-refractivity contribution is 5.03. The first-order valence-electron chi connectivity index (χ1n) is 9.70. The fraction of sp³-hybridized carbons (Fsp3) is 1.00. The second-order valence-electron chi connectivity index (χ2n) is 8.51. The van der Waals surface area contributed by atoms with Crippen molar-refractivity contribution in [2.24, 2.45) is 35.0 Å². The molecular weight excluding hydrogens is 240 g/mol. The molecule has 0 unspecified atom stereocenters. The van der Waals surface area contributed by atoms with Gasteiger partial charge in [-0.2, -0.15) is 0 Å². The van der Waals surface area contributed by atoms with Crippen molar-refractivity contribution in [2.75, 3.05) is 0 Å². The molecule has 3 fully saturated rings. The van der Waals surface area contributed by atoms with Gasteiger partial charge in [0.2, 0.25) is 0 Å². The molecule has 0 amide bonds. The molecule has 0 N–H and O–H groups in total. The number of hydrogen-bond acceptors (Lipinski definition) is 0. The van der Waals surface area contributed by atoms with Crippen molar-refractivity contribution in [3.8, 4) is 0 Å². The summed E-state index contributed by atoms with van der Waals surface area (Å²) in [5.74, 6) is 5.38. The summed E-state index contributed by atoms with van der Waals surface area (Å²) in [6.07, 6.45) is 16.7. The minimum atomic E-state index is 0.717. The largest absolute Gasteiger partial charge is 0.0654 e. The van der Waals surface area contributed by atoms with Gasteiger partial charge in [-0.3, -0.25) is 0 Å². The quantitative estimate of drug-likeness (QED) is 0.556. The summed E-state index contributed by atoms with van der Waals surface area (Å²) in [6, 6.07) is 0. The van der Waals surface area contributed by atoms with Gasteiger partial charge in [0.05, 0.1) is 0 Å². The summed E-state index contributed by atoms with van der Waals surface area (Å²) in [7, 11) is 0. The zero-order valence-electron chi connectivity index (χ0n) is 14.2. The van der Waals surface area contributed by atoms with Gasteiger partial charge in [0.1, 0.15) is 0 Å². The lowest BCUT2D eigenvalue weighted by molar-refractivity contribution is -0.107. The van der Waals surface area contributed by atoms with Crippen molar-refractivity contribution in [3.05, 3.63) is 0 Å². The molecule has 0 heterocycles. The first kappa shape index (κ1) is 14.9. The maximum absolute atomic E-state index is 2.71. The Labute approximate surface area is 127 Å². The van der Waals surface area contributed by atoms with Crippen molar-refractivity contribution in [2.45, 2.75) is 91.4 Å². The maximum Gasteiger partial charge on any atom is -0.0264 e. The van der Waals surface area contributed by atoms with E-state index in [1.165, 1.54) is 38.5 Å². The molecule has 0 heteroatoms. The van der Waals surface area contributed by atoms with Crippen LogP contribution in [0.4, 0.5) is 0 Å². The molecule has 0 aliphatic heterocycles. The zero-order chi connectivity index (χ0) is 14.2. The SMILES string of the molecule is CCC[C@@H]1CCC[C@H]2[C@H]1C[C@H](CC)[C@@H]1CCCC[C@@]12C. The van der Waals surface area contributed by atoms with E-state index in [2.05, 4.69) is 20.8 Å². The molecule has 3 aliphatic rings. The van der Waals surface area contributed by atoms with Crippen LogP contribution in [0.1, 0.15) is 91.4 Å². The third-order valence-electron chi connectivity index (χ3n) is 7.71. The van der Waals surface area contributed by atoms with Gasteiger partial charge in [-0.1, -0.05) is 65.7 Å². The minimum Gasteiger partial charge on any atom is -0.0654 e. The Morgan fingerprint density at radius 1 is 0.900 bits per heavy atom. The van der Waals surface area contributed by atoms with Gasteiger partial charge in [-0.05, 0) is 60.7 Å². The summed E-state index contributed by atoms with van der Waals surface area (Å²) in [4.78, 5) is 0. The third kappa shape index (κ3) is 2.35. The smallest absolute Gasteiger partial charge is 0.0264 e. The summed E-state index contributed by atoms with van der Waals surface area (Å²) >= 11 is 0. The zero-order valence-corrected chi connectivity index (χ0v) is 14.2. The number of fused-ring (bicyclic) bond motifs is 3.